The summed E-state index contributed by atoms with van der Waals surface area (Å²) in [5.41, 5.74) is 3.79. The maximum Gasteiger partial charge on any atom is 0.416 e. The average molecular weight is 639 g/mol. The molecule has 0 unspecified atom stereocenters. The maximum atomic E-state index is 13.1. The van der Waals surface area contributed by atoms with Crippen LogP contribution in [0.5, 0.6) is 11.6 Å². The number of nitrogens with one attached hydrogen (secondary N) is 1. The van der Waals surface area contributed by atoms with Crippen molar-refractivity contribution in [1.82, 2.24) is 19.9 Å². The number of hydrogen-bond donors (Lipinski definition) is 1. The molecular weight excluding hydrogens is 605 g/mol. The van der Waals surface area contributed by atoms with Crippen LogP contribution in [0.4, 0.5) is 24.5 Å². The smallest absolute Gasteiger partial charge is 0.416 e. The molecule has 240 valence electrons. The van der Waals surface area contributed by atoms with E-state index in [9.17, 15) is 18.0 Å². The predicted molar refractivity (Wildman–Crippen MR) is 175 cm³/mol. The van der Waals surface area contributed by atoms with Crippen molar-refractivity contribution < 1.29 is 22.7 Å². The van der Waals surface area contributed by atoms with Gasteiger partial charge >= 0.3 is 6.18 Å². The first-order chi connectivity index (χ1) is 22.6. The van der Waals surface area contributed by atoms with Crippen LogP contribution < -0.4 is 15.0 Å². The van der Waals surface area contributed by atoms with Crippen molar-refractivity contribution in [3.63, 3.8) is 0 Å². The van der Waals surface area contributed by atoms with Gasteiger partial charge in [0, 0.05) is 61.9 Å². The molecule has 1 fully saturated rings. The highest BCUT2D eigenvalue weighted by Gasteiger charge is 2.31. The Kier molecular flexibility index (Phi) is 9.17. The zero-order valence-electron chi connectivity index (χ0n) is 26.0. The van der Waals surface area contributed by atoms with Crippen LogP contribution in [0.2, 0.25) is 0 Å². The Morgan fingerprint density at radius 2 is 1.68 bits per heavy atom. The lowest BCUT2D eigenvalue weighted by Crippen LogP contribution is -2.44. The molecule has 0 spiro atoms. The maximum absolute atomic E-state index is 13.1. The minimum absolute atomic E-state index is 0.0946. The Morgan fingerprint density at radius 3 is 2.43 bits per heavy atom. The lowest BCUT2D eigenvalue weighted by molar-refractivity contribution is -0.137. The minimum atomic E-state index is -4.54. The molecular formula is C36H33F3N6O2. The highest BCUT2D eigenvalue weighted by molar-refractivity contribution is 6.04. The second-order valence-electron chi connectivity index (χ2n) is 11.5. The van der Waals surface area contributed by atoms with Crippen LogP contribution in [0.25, 0.3) is 11.3 Å². The van der Waals surface area contributed by atoms with Crippen molar-refractivity contribution in [3.05, 3.63) is 125 Å². The first kappa shape index (κ1) is 31.7. The second-order valence-corrected chi connectivity index (χ2v) is 11.5. The van der Waals surface area contributed by atoms with E-state index in [1.807, 2.05) is 12.1 Å². The number of carbonyl (C=O) groups is 1. The molecule has 1 N–H and O–H groups in total. The lowest BCUT2D eigenvalue weighted by atomic mass is 10.1. The van der Waals surface area contributed by atoms with Crippen LogP contribution in [-0.2, 0) is 12.6 Å². The van der Waals surface area contributed by atoms with E-state index in [0.29, 0.717) is 46.4 Å². The molecule has 0 radical (unpaired) electrons. The third-order valence-electron chi connectivity index (χ3n) is 8.01. The molecule has 0 atom stereocenters. The van der Waals surface area contributed by atoms with Gasteiger partial charge in [0.1, 0.15) is 11.6 Å². The number of rotatable bonds is 8. The molecule has 0 saturated carbocycles. The van der Waals surface area contributed by atoms with Crippen molar-refractivity contribution in [1.29, 1.82) is 0 Å². The van der Waals surface area contributed by atoms with Crippen LogP contribution in [0.3, 0.4) is 0 Å². The molecule has 1 aliphatic heterocycles. The molecule has 1 aliphatic rings. The Morgan fingerprint density at radius 1 is 0.894 bits per heavy atom. The van der Waals surface area contributed by atoms with Crippen LogP contribution >= 0.6 is 0 Å². The third-order valence-corrected chi connectivity index (χ3v) is 8.01. The SMILES string of the molecule is Cc1cc(NC(=O)c2cccc(C(F)(F)F)c2)ccc1Oc1ncccc1-c1ccnc(Cc2ccc(N3CCN(C)CC3)cc2)n1. The van der Waals surface area contributed by atoms with Gasteiger partial charge in [-0.1, -0.05) is 18.2 Å². The normalized spacial score (nSPS) is 13.8. The standard InChI is InChI=1S/C36H33F3N6O2/c1-24-21-28(42-34(46)26-5-3-6-27(23-26)36(37,38)39)10-13-32(24)47-35-30(7-4-15-41-35)31-14-16-40-33(43-31)22-25-8-11-29(12-9-25)45-19-17-44(2)18-20-45/h3-16,21,23H,17-20,22H2,1-2H3,(H,42,46). The van der Waals surface area contributed by atoms with Gasteiger partial charge < -0.3 is 19.9 Å². The van der Waals surface area contributed by atoms with Gasteiger partial charge in [-0.15, -0.1) is 0 Å². The number of alkyl halides is 3. The number of halogens is 3. The number of anilines is 2. The predicted octanol–water partition coefficient (Wildman–Crippen LogP) is 7.25. The van der Waals surface area contributed by atoms with E-state index in [-0.39, 0.29) is 5.56 Å². The van der Waals surface area contributed by atoms with Gasteiger partial charge in [0.2, 0.25) is 5.88 Å². The lowest BCUT2D eigenvalue weighted by Gasteiger charge is -2.34. The quantitative estimate of drug-likeness (QED) is 0.192. The fourth-order valence-corrected chi connectivity index (χ4v) is 5.36. The number of pyridine rings is 1. The van der Waals surface area contributed by atoms with Crippen molar-refractivity contribution in [2.24, 2.45) is 0 Å². The van der Waals surface area contributed by atoms with Gasteiger partial charge in [-0.3, -0.25) is 4.79 Å². The monoisotopic (exact) mass is 638 g/mol. The van der Waals surface area contributed by atoms with Gasteiger partial charge in [-0.2, -0.15) is 13.2 Å². The molecule has 5 aromatic rings. The van der Waals surface area contributed by atoms with Crippen molar-refractivity contribution >= 4 is 17.3 Å². The number of aromatic nitrogens is 3. The van der Waals surface area contributed by atoms with E-state index in [0.717, 1.165) is 43.9 Å². The van der Waals surface area contributed by atoms with E-state index >= 15 is 0 Å². The van der Waals surface area contributed by atoms with Crippen LogP contribution in [-0.4, -0.2) is 59.0 Å². The molecule has 47 heavy (non-hydrogen) atoms. The van der Waals surface area contributed by atoms with Crippen LogP contribution in [0.15, 0.2) is 97.3 Å². The molecule has 3 aromatic carbocycles. The van der Waals surface area contributed by atoms with E-state index in [4.69, 9.17) is 9.72 Å². The van der Waals surface area contributed by atoms with E-state index in [1.165, 1.54) is 17.8 Å². The minimum Gasteiger partial charge on any atom is -0.438 e. The van der Waals surface area contributed by atoms with Gasteiger partial charge in [0.05, 0.1) is 16.8 Å². The zero-order chi connectivity index (χ0) is 33.0. The summed E-state index contributed by atoms with van der Waals surface area (Å²) in [6.45, 7) is 5.94. The number of hydrogen-bond acceptors (Lipinski definition) is 7. The summed E-state index contributed by atoms with van der Waals surface area (Å²) in [6, 6.07) is 23.3. The summed E-state index contributed by atoms with van der Waals surface area (Å²) in [5.74, 6) is 0.859. The van der Waals surface area contributed by atoms with E-state index in [1.54, 1.807) is 43.6 Å². The Bertz CT molecular complexity index is 1870. The molecule has 1 saturated heterocycles. The van der Waals surface area contributed by atoms with Crippen molar-refractivity contribution in [3.8, 4) is 22.9 Å². The molecule has 8 nitrogen and oxygen atoms in total. The first-order valence-electron chi connectivity index (χ1n) is 15.2. The third kappa shape index (κ3) is 7.75. The summed E-state index contributed by atoms with van der Waals surface area (Å²) in [4.78, 5) is 31.2. The largest absolute Gasteiger partial charge is 0.438 e. The van der Waals surface area contributed by atoms with Crippen LogP contribution in [0, 0.1) is 6.92 Å². The fourth-order valence-electron chi connectivity index (χ4n) is 5.36. The average Bonchev–Trinajstić information content (AvgIpc) is 3.07. The number of nitrogens with zero attached hydrogens (tertiary/aromatic N) is 5. The molecule has 11 heteroatoms. The van der Waals surface area contributed by atoms with E-state index in [2.05, 4.69) is 56.4 Å². The summed E-state index contributed by atoms with van der Waals surface area (Å²) >= 11 is 0. The van der Waals surface area contributed by atoms with Crippen molar-refractivity contribution in [2.75, 3.05) is 43.4 Å². The van der Waals surface area contributed by atoms with Gasteiger partial charge in [-0.25, -0.2) is 15.0 Å². The number of benzene rings is 3. The summed E-state index contributed by atoms with van der Waals surface area (Å²) < 4.78 is 45.5. The van der Waals surface area contributed by atoms with Gasteiger partial charge in [0.25, 0.3) is 5.91 Å². The number of carbonyl (C=O) groups excluding carboxylic acids is 1. The summed E-state index contributed by atoms with van der Waals surface area (Å²) in [6.07, 6.45) is -0.622. The zero-order valence-corrected chi connectivity index (χ0v) is 26.0. The molecule has 2 aromatic heterocycles. The number of ether oxygens (including phenoxy) is 1. The molecule has 0 aliphatic carbocycles. The number of likely N-dealkylation sites (N-methyl/N-ethyl adjacent to an activating group) is 1. The fraction of sp³-hybridized carbons (Fsp3) is 0.222. The molecule has 3 heterocycles. The highest BCUT2D eigenvalue weighted by Crippen LogP contribution is 2.33. The summed E-state index contributed by atoms with van der Waals surface area (Å²) in [5, 5.41) is 2.65. The van der Waals surface area contributed by atoms with Crippen molar-refractivity contribution in [2.45, 2.75) is 19.5 Å². The van der Waals surface area contributed by atoms with Gasteiger partial charge in [0.15, 0.2) is 0 Å². The Balaban J connectivity index is 1.14. The summed E-state index contributed by atoms with van der Waals surface area (Å²) in [7, 11) is 2.15. The molecule has 0 bridgehead atoms. The molecule has 1 amide bonds. The number of aryl methyl sites for hydroxylation is 1. The highest BCUT2D eigenvalue weighted by atomic mass is 19.4. The van der Waals surface area contributed by atoms with Crippen LogP contribution in [0.1, 0.15) is 32.9 Å². The number of piperazine rings is 1. The van der Waals surface area contributed by atoms with E-state index < -0.39 is 17.6 Å². The first-order valence-corrected chi connectivity index (χ1v) is 15.2. The number of amides is 1. The van der Waals surface area contributed by atoms with Gasteiger partial charge in [-0.05, 0) is 91.8 Å². The molecule has 6 rings (SSSR count). The topological polar surface area (TPSA) is 83.5 Å². The Hall–Kier alpha value is -5.29. The second kappa shape index (κ2) is 13.6. The Labute approximate surface area is 270 Å².